The van der Waals surface area contributed by atoms with Crippen LogP contribution in [0.15, 0.2) is 0 Å². The molecule has 1 heterocycles. The Balaban J connectivity index is 1.68. The molecule has 0 aromatic heterocycles. The molecule has 2 N–H and O–H groups in total. The lowest BCUT2D eigenvalue weighted by Gasteiger charge is -2.33. The Bertz CT molecular complexity index is 156. The predicted molar refractivity (Wildman–Crippen MR) is 60.2 cm³/mol. The summed E-state index contributed by atoms with van der Waals surface area (Å²) in [5, 5.41) is 0. The van der Waals surface area contributed by atoms with Gasteiger partial charge in [-0.3, -0.25) is 0 Å². The van der Waals surface area contributed by atoms with Gasteiger partial charge in [-0.1, -0.05) is 6.42 Å². The first-order valence-electron chi connectivity index (χ1n) is 6.32. The molecule has 0 bridgehead atoms. The van der Waals surface area contributed by atoms with Crippen LogP contribution in [-0.4, -0.2) is 30.6 Å². The molecule has 2 fully saturated rings. The van der Waals surface area contributed by atoms with E-state index in [0.29, 0.717) is 6.04 Å². The second-order valence-electron chi connectivity index (χ2n) is 5.14. The number of nitrogens with zero attached hydrogens (tertiary/aromatic N) is 1. The summed E-state index contributed by atoms with van der Waals surface area (Å²) in [4.78, 5) is 2.67. The topological polar surface area (TPSA) is 29.3 Å². The van der Waals surface area contributed by atoms with E-state index in [1.165, 1.54) is 64.6 Å². The van der Waals surface area contributed by atoms with Gasteiger partial charge in [-0.15, -0.1) is 0 Å². The molecule has 2 aliphatic rings. The van der Waals surface area contributed by atoms with Crippen LogP contribution in [0.4, 0.5) is 0 Å². The van der Waals surface area contributed by atoms with Crippen molar-refractivity contribution in [1.29, 1.82) is 0 Å². The van der Waals surface area contributed by atoms with E-state index in [2.05, 4.69) is 4.90 Å². The molecule has 1 aliphatic heterocycles. The maximum atomic E-state index is 5.92. The molecule has 2 heteroatoms. The van der Waals surface area contributed by atoms with Crippen LogP contribution in [0.1, 0.15) is 44.9 Å². The first kappa shape index (κ1) is 10.4. The summed E-state index contributed by atoms with van der Waals surface area (Å²) in [7, 11) is 0. The molecule has 14 heavy (non-hydrogen) atoms. The number of nitrogens with two attached hydrogens (primary N) is 1. The third kappa shape index (κ3) is 2.96. The third-order valence-corrected chi connectivity index (χ3v) is 3.86. The van der Waals surface area contributed by atoms with Crippen molar-refractivity contribution in [3.05, 3.63) is 0 Å². The Morgan fingerprint density at radius 3 is 2.21 bits per heavy atom. The molecule has 0 amide bonds. The molecule has 2 rings (SSSR count). The van der Waals surface area contributed by atoms with E-state index in [-0.39, 0.29) is 0 Å². The fourth-order valence-corrected chi connectivity index (χ4v) is 2.88. The monoisotopic (exact) mass is 196 g/mol. The highest BCUT2D eigenvalue weighted by molar-refractivity contribution is 4.77. The average Bonchev–Trinajstić information content (AvgIpc) is 2.23. The third-order valence-electron chi connectivity index (χ3n) is 3.86. The second-order valence-corrected chi connectivity index (χ2v) is 5.14. The highest BCUT2D eigenvalue weighted by atomic mass is 15.1. The smallest absolute Gasteiger partial charge is 0.00390 e. The van der Waals surface area contributed by atoms with Gasteiger partial charge in [0.25, 0.3) is 0 Å². The number of likely N-dealkylation sites (tertiary alicyclic amines) is 1. The first-order valence-corrected chi connectivity index (χ1v) is 6.32. The van der Waals surface area contributed by atoms with Crippen LogP contribution in [0.2, 0.25) is 0 Å². The van der Waals surface area contributed by atoms with Crippen LogP contribution in [0.5, 0.6) is 0 Å². The fraction of sp³-hybridized carbons (Fsp3) is 1.00. The van der Waals surface area contributed by atoms with Gasteiger partial charge < -0.3 is 10.6 Å². The lowest BCUT2D eigenvalue weighted by Crippen LogP contribution is -2.37. The first-order chi connectivity index (χ1) is 6.84. The van der Waals surface area contributed by atoms with Crippen molar-refractivity contribution in [1.82, 2.24) is 4.90 Å². The summed E-state index contributed by atoms with van der Waals surface area (Å²) in [6.45, 7) is 4.05. The van der Waals surface area contributed by atoms with E-state index in [4.69, 9.17) is 5.73 Å². The van der Waals surface area contributed by atoms with Gasteiger partial charge in [0, 0.05) is 12.6 Å². The molecule has 0 atom stereocenters. The maximum Gasteiger partial charge on any atom is 0.00390 e. The van der Waals surface area contributed by atoms with Gasteiger partial charge in [0.05, 0.1) is 0 Å². The van der Waals surface area contributed by atoms with E-state index in [1.54, 1.807) is 0 Å². The van der Waals surface area contributed by atoms with Gasteiger partial charge in [-0.25, -0.2) is 0 Å². The lowest BCUT2D eigenvalue weighted by atomic mass is 9.86. The summed E-state index contributed by atoms with van der Waals surface area (Å²) < 4.78 is 0. The Morgan fingerprint density at radius 1 is 0.929 bits per heavy atom. The Kier molecular flexibility index (Phi) is 3.82. The zero-order valence-corrected chi connectivity index (χ0v) is 9.25. The van der Waals surface area contributed by atoms with Crippen LogP contribution in [0.3, 0.4) is 0 Å². The quantitative estimate of drug-likeness (QED) is 0.732. The standard InChI is InChI=1S/C12H24N2/c13-12-6-4-11(5-7-12)10-14-8-2-1-3-9-14/h11-12H,1-10,13H2/t11-,12-. The van der Waals surface area contributed by atoms with Crippen molar-refractivity contribution in [2.75, 3.05) is 19.6 Å². The molecule has 2 nitrogen and oxygen atoms in total. The second kappa shape index (κ2) is 5.13. The molecule has 0 radical (unpaired) electrons. The van der Waals surface area contributed by atoms with Crippen LogP contribution in [0.25, 0.3) is 0 Å². The van der Waals surface area contributed by atoms with Crippen molar-refractivity contribution < 1.29 is 0 Å². The van der Waals surface area contributed by atoms with Crippen LogP contribution in [0, 0.1) is 5.92 Å². The van der Waals surface area contributed by atoms with Gasteiger partial charge in [0.15, 0.2) is 0 Å². The number of rotatable bonds is 2. The van der Waals surface area contributed by atoms with Gasteiger partial charge >= 0.3 is 0 Å². The molecule has 0 aromatic rings. The van der Waals surface area contributed by atoms with Crippen molar-refractivity contribution in [3.8, 4) is 0 Å². The minimum Gasteiger partial charge on any atom is -0.328 e. The minimum absolute atomic E-state index is 0.507. The lowest BCUT2D eigenvalue weighted by molar-refractivity contribution is 0.169. The fourth-order valence-electron chi connectivity index (χ4n) is 2.88. The van der Waals surface area contributed by atoms with E-state index in [1.807, 2.05) is 0 Å². The van der Waals surface area contributed by atoms with Crippen LogP contribution < -0.4 is 5.73 Å². The van der Waals surface area contributed by atoms with Crippen molar-refractivity contribution in [2.45, 2.75) is 51.0 Å². The molecule has 0 spiro atoms. The molecular weight excluding hydrogens is 172 g/mol. The zero-order chi connectivity index (χ0) is 9.80. The van der Waals surface area contributed by atoms with Crippen LogP contribution >= 0.6 is 0 Å². The molecule has 1 saturated heterocycles. The Hall–Kier alpha value is -0.0800. The summed E-state index contributed by atoms with van der Waals surface area (Å²) in [6, 6.07) is 0.507. The summed E-state index contributed by atoms with van der Waals surface area (Å²) in [5.74, 6) is 0.952. The number of hydrogen-bond donors (Lipinski definition) is 1. The van der Waals surface area contributed by atoms with Gasteiger partial charge in [0.2, 0.25) is 0 Å². The summed E-state index contributed by atoms with van der Waals surface area (Å²) in [6.07, 6.45) is 9.57. The van der Waals surface area contributed by atoms with E-state index >= 15 is 0 Å². The van der Waals surface area contributed by atoms with Crippen molar-refractivity contribution in [2.24, 2.45) is 11.7 Å². The van der Waals surface area contributed by atoms with Crippen molar-refractivity contribution >= 4 is 0 Å². The van der Waals surface area contributed by atoms with Crippen LogP contribution in [-0.2, 0) is 0 Å². The largest absolute Gasteiger partial charge is 0.328 e. The average molecular weight is 196 g/mol. The number of hydrogen-bond acceptors (Lipinski definition) is 2. The molecule has 82 valence electrons. The highest BCUT2D eigenvalue weighted by Gasteiger charge is 2.21. The van der Waals surface area contributed by atoms with Gasteiger partial charge in [0.1, 0.15) is 0 Å². The van der Waals surface area contributed by atoms with Crippen molar-refractivity contribution in [3.63, 3.8) is 0 Å². The zero-order valence-electron chi connectivity index (χ0n) is 9.25. The Labute approximate surface area is 87.8 Å². The normalized spacial score (nSPS) is 35.8. The molecule has 0 aromatic carbocycles. The molecule has 1 saturated carbocycles. The van der Waals surface area contributed by atoms with E-state index in [0.717, 1.165) is 5.92 Å². The molecule has 1 aliphatic carbocycles. The minimum atomic E-state index is 0.507. The highest BCUT2D eigenvalue weighted by Crippen LogP contribution is 2.24. The maximum absolute atomic E-state index is 5.92. The van der Waals surface area contributed by atoms with Gasteiger partial charge in [-0.05, 0) is 57.5 Å². The number of piperidine rings is 1. The van der Waals surface area contributed by atoms with E-state index in [9.17, 15) is 0 Å². The molecule has 0 unspecified atom stereocenters. The van der Waals surface area contributed by atoms with E-state index < -0.39 is 0 Å². The summed E-state index contributed by atoms with van der Waals surface area (Å²) in [5.41, 5.74) is 5.92. The Morgan fingerprint density at radius 2 is 1.57 bits per heavy atom. The summed E-state index contributed by atoms with van der Waals surface area (Å²) >= 11 is 0. The van der Waals surface area contributed by atoms with Gasteiger partial charge in [-0.2, -0.15) is 0 Å². The SMILES string of the molecule is N[C@H]1CC[C@H](CN2CCCCC2)CC1. The predicted octanol–water partition coefficient (Wildman–Crippen LogP) is 1.99. The molecular formula is C12H24N2.